The minimum absolute atomic E-state index is 0.0861. The minimum Gasteiger partial charge on any atom is -0.447 e. The lowest BCUT2D eigenvalue weighted by atomic mass is 10.2. The van der Waals surface area contributed by atoms with Crippen LogP contribution in [0.25, 0.3) is 11.2 Å². The van der Waals surface area contributed by atoms with E-state index in [1.54, 1.807) is 24.8 Å². The van der Waals surface area contributed by atoms with Gasteiger partial charge in [-0.25, -0.2) is 13.8 Å². The molecule has 10 heteroatoms. The fraction of sp³-hybridized carbons (Fsp3) is 0.143. The van der Waals surface area contributed by atoms with Crippen LogP contribution in [0.1, 0.15) is 12.0 Å². The van der Waals surface area contributed by atoms with E-state index < -0.39 is 6.43 Å². The number of allylic oxidation sites excluding steroid dienone is 2. The monoisotopic (exact) mass is 351 g/mol. The van der Waals surface area contributed by atoms with Crippen LogP contribution in [-0.2, 0) is 7.05 Å². The average molecular weight is 351 g/mol. The first-order chi connectivity index (χ1) is 11.5. The number of aryl methyl sites for hydroxylation is 1. The molecule has 2 aromatic rings. The summed E-state index contributed by atoms with van der Waals surface area (Å²) < 4.78 is 34.6. The summed E-state index contributed by atoms with van der Waals surface area (Å²) >= 11 is 5.06. The molecule has 0 aliphatic carbocycles. The SMILES string of the molecule is Cn1c(=S)[nH]c2ncc(O/C(C=N)=C3\C=NC=C[NH2+]3)c(C(F)F)c21. The lowest BCUT2D eigenvalue weighted by Gasteiger charge is -2.13. The van der Waals surface area contributed by atoms with Crippen LogP contribution in [0.3, 0.4) is 0 Å². The van der Waals surface area contributed by atoms with Gasteiger partial charge in [0, 0.05) is 7.05 Å². The highest BCUT2D eigenvalue weighted by Crippen LogP contribution is 2.35. The quantitative estimate of drug-likeness (QED) is 0.446. The molecule has 1 aliphatic rings. The standard InChI is InChI=1S/C14H12F2N6OS/c1-22-11-10(12(15)16)9(6-20-13(11)21-14(22)24)23-8(4-17)7-5-18-2-3-19-7/h2-6,12,17,19H,1H3,(H,20,21,24)/p+1/b8-7+,17-4?. The van der Waals surface area contributed by atoms with E-state index >= 15 is 0 Å². The molecule has 0 saturated heterocycles. The van der Waals surface area contributed by atoms with Crippen molar-refractivity contribution in [2.45, 2.75) is 6.43 Å². The maximum Gasteiger partial charge on any atom is 0.269 e. The van der Waals surface area contributed by atoms with Crippen molar-refractivity contribution in [1.29, 1.82) is 5.41 Å². The van der Waals surface area contributed by atoms with E-state index in [-0.39, 0.29) is 33.0 Å². The van der Waals surface area contributed by atoms with E-state index in [1.807, 2.05) is 0 Å². The number of imidazole rings is 1. The van der Waals surface area contributed by atoms with Crippen LogP contribution < -0.4 is 10.1 Å². The zero-order chi connectivity index (χ0) is 17.3. The zero-order valence-corrected chi connectivity index (χ0v) is 13.3. The van der Waals surface area contributed by atoms with Crippen molar-refractivity contribution in [3.05, 3.63) is 40.4 Å². The Kier molecular flexibility index (Phi) is 4.32. The van der Waals surface area contributed by atoms with Gasteiger partial charge in [-0.2, -0.15) is 0 Å². The number of quaternary nitrogens is 1. The predicted octanol–water partition coefficient (Wildman–Crippen LogP) is 1.93. The van der Waals surface area contributed by atoms with Crippen molar-refractivity contribution in [2.75, 3.05) is 0 Å². The molecule has 0 saturated carbocycles. The van der Waals surface area contributed by atoms with Crippen LogP contribution in [0.15, 0.2) is 35.0 Å². The normalized spacial score (nSPS) is 16.0. The third kappa shape index (κ3) is 2.76. The molecule has 0 spiro atoms. The number of aromatic nitrogens is 3. The van der Waals surface area contributed by atoms with Crippen molar-refractivity contribution < 1.29 is 18.8 Å². The van der Waals surface area contributed by atoms with Crippen LogP contribution >= 0.6 is 12.2 Å². The molecular weight excluding hydrogens is 338 g/mol. The summed E-state index contributed by atoms with van der Waals surface area (Å²) in [6, 6.07) is 0. The van der Waals surface area contributed by atoms with Crippen molar-refractivity contribution >= 4 is 35.8 Å². The Morgan fingerprint density at radius 1 is 1.54 bits per heavy atom. The highest BCUT2D eigenvalue weighted by molar-refractivity contribution is 7.71. The van der Waals surface area contributed by atoms with Gasteiger partial charge in [0.2, 0.25) is 5.76 Å². The number of aliphatic imine (C=N–C) groups is 1. The second kappa shape index (κ2) is 6.42. The first-order valence-electron chi connectivity index (χ1n) is 6.84. The largest absolute Gasteiger partial charge is 0.447 e. The summed E-state index contributed by atoms with van der Waals surface area (Å²) in [7, 11) is 1.57. The van der Waals surface area contributed by atoms with Gasteiger partial charge >= 0.3 is 0 Å². The fourth-order valence-corrected chi connectivity index (χ4v) is 2.49. The number of ether oxygens (including phenoxy) is 1. The number of fused-ring (bicyclic) bond motifs is 1. The van der Waals surface area contributed by atoms with Crippen molar-refractivity contribution in [3.63, 3.8) is 0 Å². The van der Waals surface area contributed by atoms with Crippen LogP contribution in [-0.4, -0.2) is 27.0 Å². The van der Waals surface area contributed by atoms with Crippen LogP contribution in [0.4, 0.5) is 8.78 Å². The smallest absolute Gasteiger partial charge is 0.269 e. The maximum atomic E-state index is 13.7. The Hall–Kier alpha value is -2.72. The number of aromatic amines is 1. The first-order valence-corrected chi connectivity index (χ1v) is 7.25. The molecule has 3 rings (SSSR count). The van der Waals surface area contributed by atoms with E-state index in [0.717, 1.165) is 6.21 Å². The minimum atomic E-state index is -2.80. The summed E-state index contributed by atoms with van der Waals surface area (Å²) in [6.45, 7) is 0. The van der Waals surface area contributed by atoms with E-state index in [1.165, 1.54) is 17.0 Å². The number of hydrogen-bond donors (Lipinski definition) is 3. The summed E-state index contributed by atoms with van der Waals surface area (Å²) in [6.07, 6.45) is 4.02. The molecule has 1 aliphatic heterocycles. The number of nitrogens with zero attached hydrogens (tertiary/aromatic N) is 3. The summed E-state index contributed by atoms with van der Waals surface area (Å²) in [5.74, 6) is -0.0487. The highest BCUT2D eigenvalue weighted by atomic mass is 32.1. The van der Waals surface area contributed by atoms with Crippen LogP contribution in [0.2, 0.25) is 0 Å². The number of hydrogen-bond acceptors (Lipinski definition) is 5. The Morgan fingerprint density at radius 3 is 2.96 bits per heavy atom. The molecule has 0 aromatic carbocycles. The molecular formula is C14H13F2N6OS+. The fourth-order valence-electron chi connectivity index (χ4n) is 2.31. The van der Waals surface area contributed by atoms with Gasteiger partial charge in [-0.1, -0.05) is 0 Å². The van der Waals surface area contributed by atoms with Crippen molar-refractivity contribution in [1.82, 2.24) is 14.5 Å². The second-order valence-electron chi connectivity index (χ2n) is 4.88. The van der Waals surface area contributed by atoms with E-state index in [9.17, 15) is 8.78 Å². The second-order valence-corrected chi connectivity index (χ2v) is 5.26. The van der Waals surface area contributed by atoms with Gasteiger partial charge in [-0.3, -0.25) is 10.3 Å². The van der Waals surface area contributed by atoms with Gasteiger partial charge in [0.1, 0.15) is 6.20 Å². The Morgan fingerprint density at radius 2 is 2.33 bits per heavy atom. The molecule has 124 valence electrons. The third-order valence-electron chi connectivity index (χ3n) is 3.44. The molecule has 0 amide bonds. The summed E-state index contributed by atoms with van der Waals surface area (Å²) in [5, 5.41) is 9.15. The average Bonchev–Trinajstić information content (AvgIpc) is 2.87. The number of pyridine rings is 1. The molecule has 0 bridgehead atoms. The van der Waals surface area contributed by atoms with Gasteiger partial charge in [0.15, 0.2) is 21.9 Å². The lowest BCUT2D eigenvalue weighted by Crippen LogP contribution is -2.77. The van der Waals surface area contributed by atoms with Crippen molar-refractivity contribution in [3.8, 4) is 5.75 Å². The molecule has 4 N–H and O–H groups in total. The molecule has 0 unspecified atom stereocenters. The van der Waals surface area contributed by atoms with Gasteiger partial charge in [-0.05, 0) is 12.2 Å². The van der Waals surface area contributed by atoms with Gasteiger partial charge in [0.05, 0.1) is 35.9 Å². The number of halogens is 2. The van der Waals surface area contributed by atoms with Gasteiger partial charge in [0.25, 0.3) is 6.43 Å². The topological polar surface area (TPSA) is 95.7 Å². The Labute approximate surface area is 139 Å². The van der Waals surface area contributed by atoms with Crippen LogP contribution in [0, 0.1) is 10.2 Å². The number of nitrogens with one attached hydrogen (secondary N) is 2. The maximum absolute atomic E-state index is 13.7. The Balaban J connectivity index is 2.16. The highest BCUT2D eigenvalue weighted by Gasteiger charge is 2.24. The van der Waals surface area contributed by atoms with E-state index in [2.05, 4.69) is 15.0 Å². The zero-order valence-electron chi connectivity index (χ0n) is 12.5. The molecule has 7 nitrogen and oxygen atoms in total. The number of alkyl halides is 2. The van der Waals surface area contributed by atoms with Crippen molar-refractivity contribution in [2.24, 2.45) is 12.0 Å². The third-order valence-corrected chi connectivity index (χ3v) is 3.81. The molecule has 0 fully saturated rings. The number of H-pyrrole nitrogens is 1. The molecule has 24 heavy (non-hydrogen) atoms. The van der Waals surface area contributed by atoms with Crippen LogP contribution in [0.5, 0.6) is 5.75 Å². The number of nitrogens with two attached hydrogens (primary N) is 1. The molecule has 0 radical (unpaired) electrons. The van der Waals surface area contributed by atoms with E-state index in [0.29, 0.717) is 5.70 Å². The summed E-state index contributed by atoms with van der Waals surface area (Å²) in [4.78, 5) is 10.8. The molecule has 0 atom stereocenters. The lowest BCUT2D eigenvalue weighted by molar-refractivity contribution is -0.528. The summed E-state index contributed by atoms with van der Waals surface area (Å²) in [5.41, 5.74) is 0.583. The Bertz CT molecular complexity index is 956. The number of rotatable bonds is 4. The molecule has 3 heterocycles. The predicted molar refractivity (Wildman–Crippen MR) is 86.9 cm³/mol. The first kappa shape index (κ1) is 16.1. The van der Waals surface area contributed by atoms with E-state index in [4.69, 9.17) is 22.4 Å². The van der Waals surface area contributed by atoms with Gasteiger partial charge < -0.3 is 19.7 Å². The molecule has 2 aromatic heterocycles. The van der Waals surface area contributed by atoms with Gasteiger partial charge in [-0.15, -0.1) is 0 Å².